The maximum Gasteiger partial charge on any atom is 0.342 e. The molecular formula is C29H50O9. The van der Waals surface area contributed by atoms with E-state index in [1.54, 1.807) is 0 Å². The number of rotatable bonds is 19. The molecule has 2 saturated heterocycles. The van der Waals surface area contributed by atoms with E-state index in [1.165, 1.54) is 32.1 Å². The molecule has 220 valence electrons. The Kier molecular flexibility index (Phi) is 13.5. The van der Waals surface area contributed by atoms with Gasteiger partial charge in [-0.25, -0.2) is 4.79 Å². The van der Waals surface area contributed by atoms with E-state index in [4.69, 9.17) is 14.2 Å². The molecule has 3 N–H and O–H groups in total. The number of cyclic esters (lactones) is 1. The maximum absolute atomic E-state index is 12.8. The summed E-state index contributed by atoms with van der Waals surface area (Å²) in [7, 11) is 0. The van der Waals surface area contributed by atoms with Crippen molar-refractivity contribution in [3.05, 3.63) is 0 Å². The molecule has 0 aromatic heterocycles. The summed E-state index contributed by atoms with van der Waals surface area (Å²) >= 11 is 0. The highest BCUT2D eigenvalue weighted by atomic mass is 16.8. The minimum Gasteiger partial charge on any atom is -0.445 e. The summed E-state index contributed by atoms with van der Waals surface area (Å²) in [5, 5.41) is 33.3. The van der Waals surface area contributed by atoms with E-state index in [9.17, 15) is 29.7 Å². The monoisotopic (exact) mass is 542 g/mol. The molecule has 0 amide bonds. The number of aliphatic hydroxyl groups is 3. The first-order chi connectivity index (χ1) is 18.1. The summed E-state index contributed by atoms with van der Waals surface area (Å²) in [5.74, 6) is -5.79. The highest BCUT2D eigenvalue weighted by Gasteiger charge is 2.65. The molecule has 0 radical (unpaired) electrons. The van der Waals surface area contributed by atoms with E-state index in [1.807, 2.05) is 0 Å². The second kappa shape index (κ2) is 15.8. The van der Waals surface area contributed by atoms with Gasteiger partial charge in [0.05, 0.1) is 12.8 Å². The average molecular weight is 543 g/mol. The molecule has 9 nitrogen and oxygen atoms in total. The summed E-state index contributed by atoms with van der Waals surface area (Å²) in [6.45, 7) is 4.31. The lowest BCUT2D eigenvalue weighted by molar-refractivity contribution is -0.347. The topological polar surface area (TPSA) is 140 Å². The van der Waals surface area contributed by atoms with Gasteiger partial charge in [-0.3, -0.25) is 9.59 Å². The van der Waals surface area contributed by atoms with E-state index in [2.05, 4.69) is 13.8 Å². The molecule has 2 aliphatic heterocycles. The lowest BCUT2D eigenvalue weighted by Gasteiger charge is -2.46. The van der Waals surface area contributed by atoms with Crippen LogP contribution in [0.5, 0.6) is 0 Å². The van der Waals surface area contributed by atoms with E-state index in [0.29, 0.717) is 12.8 Å². The zero-order valence-corrected chi connectivity index (χ0v) is 23.5. The number of ether oxygens (including phenoxy) is 3. The number of carbonyl (C=O) groups is 3. The lowest BCUT2D eigenvalue weighted by atomic mass is 9.82. The average Bonchev–Trinajstić information content (AvgIpc) is 2.93. The molecule has 2 heterocycles. The van der Waals surface area contributed by atoms with Crippen molar-refractivity contribution >= 4 is 17.9 Å². The summed E-state index contributed by atoms with van der Waals surface area (Å²) < 4.78 is 16.2. The van der Waals surface area contributed by atoms with Crippen molar-refractivity contribution in [1.82, 2.24) is 0 Å². The van der Waals surface area contributed by atoms with Crippen LogP contribution in [0.15, 0.2) is 0 Å². The molecule has 0 aliphatic carbocycles. The fraction of sp³-hybridized carbons (Fsp3) is 0.897. The van der Waals surface area contributed by atoms with Crippen molar-refractivity contribution in [2.24, 2.45) is 0 Å². The van der Waals surface area contributed by atoms with Gasteiger partial charge in [-0.2, -0.15) is 0 Å². The molecule has 0 saturated carbocycles. The number of fused-ring (bicyclic) bond motifs is 3. The van der Waals surface area contributed by atoms with E-state index < -0.39 is 54.0 Å². The van der Waals surface area contributed by atoms with Crippen LogP contribution < -0.4 is 0 Å². The third-order valence-electron chi connectivity index (χ3n) is 7.84. The molecule has 2 aliphatic rings. The van der Waals surface area contributed by atoms with E-state index in [0.717, 1.165) is 57.8 Å². The highest BCUT2D eigenvalue weighted by Crippen LogP contribution is 2.43. The van der Waals surface area contributed by atoms with Crippen LogP contribution in [0, 0.1) is 0 Å². The summed E-state index contributed by atoms with van der Waals surface area (Å²) in [4.78, 5) is 38.0. The molecule has 3 unspecified atom stereocenters. The van der Waals surface area contributed by atoms with Gasteiger partial charge in [0.1, 0.15) is 0 Å². The Balaban J connectivity index is 2.10. The predicted molar refractivity (Wildman–Crippen MR) is 141 cm³/mol. The van der Waals surface area contributed by atoms with Crippen molar-refractivity contribution in [3.8, 4) is 0 Å². The van der Waals surface area contributed by atoms with Crippen molar-refractivity contribution in [2.75, 3.05) is 0 Å². The van der Waals surface area contributed by atoms with Gasteiger partial charge in [0.2, 0.25) is 11.4 Å². The molecule has 2 fully saturated rings. The Labute approximate surface area is 227 Å². The molecule has 3 atom stereocenters. The third-order valence-corrected chi connectivity index (χ3v) is 7.84. The Bertz CT molecular complexity index is 752. The van der Waals surface area contributed by atoms with Gasteiger partial charge in [-0.1, -0.05) is 104 Å². The first kappa shape index (κ1) is 32.5. The van der Waals surface area contributed by atoms with Gasteiger partial charge >= 0.3 is 17.9 Å². The quantitative estimate of drug-likeness (QED) is 0.117. The van der Waals surface area contributed by atoms with Crippen LogP contribution in [0.2, 0.25) is 0 Å². The molecule has 38 heavy (non-hydrogen) atoms. The number of carbonyl (C=O) groups excluding carboxylic acids is 3. The zero-order chi connectivity index (χ0) is 28.1. The van der Waals surface area contributed by atoms with Gasteiger partial charge in [-0.15, -0.1) is 0 Å². The summed E-state index contributed by atoms with van der Waals surface area (Å²) in [6, 6.07) is 0. The summed E-state index contributed by atoms with van der Waals surface area (Å²) in [6.07, 6.45) is 12.1. The molecule has 9 heteroatoms. The largest absolute Gasteiger partial charge is 0.445 e. The molecule has 0 aromatic carbocycles. The van der Waals surface area contributed by atoms with Crippen LogP contribution in [0.1, 0.15) is 142 Å². The number of hydrogen-bond acceptors (Lipinski definition) is 9. The fourth-order valence-electron chi connectivity index (χ4n) is 5.43. The fourth-order valence-corrected chi connectivity index (χ4v) is 5.43. The Morgan fingerprint density at radius 1 is 0.711 bits per heavy atom. The third kappa shape index (κ3) is 9.19. The predicted octanol–water partition coefficient (Wildman–Crippen LogP) is 4.96. The first-order valence-electron chi connectivity index (χ1n) is 14.9. The van der Waals surface area contributed by atoms with Crippen LogP contribution in [0.4, 0.5) is 0 Å². The number of hydrogen-bond donors (Lipinski definition) is 3. The zero-order valence-electron chi connectivity index (χ0n) is 23.5. The van der Waals surface area contributed by atoms with Crippen LogP contribution in [0.25, 0.3) is 0 Å². The van der Waals surface area contributed by atoms with Gasteiger partial charge in [-0.05, 0) is 12.8 Å². The summed E-state index contributed by atoms with van der Waals surface area (Å²) in [5.41, 5.74) is -4.59. The second-order valence-corrected chi connectivity index (χ2v) is 11.2. The van der Waals surface area contributed by atoms with Crippen molar-refractivity contribution in [3.63, 3.8) is 0 Å². The minimum atomic E-state index is -2.61. The van der Waals surface area contributed by atoms with Crippen LogP contribution in [0.3, 0.4) is 0 Å². The van der Waals surface area contributed by atoms with Crippen LogP contribution in [-0.4, -0.2) is 56.5 Å². The van der Waals surface area contributed by atoms with E-state index in [-0.39, 0.29) is 12.8 Å². The Morgan fingerprint density at radius 2 is 1.18 bits per heavy atom. The second-order valence-electron chi connectivity index (χ2n) is 11.2. The standard InChI is InChI=1S/C29H50O9/c1-3-5-7-9-11-12-13-14-16-18-20-29(34,35)28(19-17-15-10-8-6-4-2)26-36-23(30)21-27(33,25(32)37-26)22-24(31)38-28/h26,33-35H,3-22H2,1-2H3. The molecule has 0 aromatic rings. The highest BCUT2D eigenvalue weighted by molar-refractivity contribution is 5.92. The minimum absolute atomic E-state index is 0.0702. The van der Waals surface area contributed by atoms with Gasteiger partial charge in [0.25, 0.3) is 6.29 Å². The Morgan fingerprint density at radius 3 is 1.74 bits per heavy atom. The molecule has 0 spiro atoms. The lowest BCUT2D eigenvalue weighted by Crippen LogP contribution is -2.66. The number of esters is 3. The first-order valence-corrected chi connectivity index (χ1v) is 14.9. The SMILES string of the molecule is CCCCCCCCCCCCC(O)(O)C1(CCCCCCCC)OC(=O)CC2(O)CC(=O)OC1OC2=O. The van der Waals surface area contributed by atoms with Crippen molar-refractivity contribution in [1.29, 1.82) is 0 Å². The Hall–Kier alpha value is -1.71. The van der Waals surface area contributed by atoms with Crippen LogP contribution >= 0.6 is 0 Å². The van der Waals surface area contributed by atoms with Gasteiger partial charge < -0.3 is 29.5 Å². The van der Waals surface area contributed by atoms with Gasteiger partial charge in [0.15, 0.2) is 5.60 Å². The van der Waals surface area contributed by atoms with Crippen molar-refractivity contribution in [2.45, 2.75) is 166 Å². The smallest absolute Gasteiger partial charge is 0.342 e. The van der Waals surface area contributed by atoms with Gasteiger partial charge in [0, 0.05) is 12.8 Å². The molecule has 2 bridgehead atoms. The molecular weight excluding hydrogens is 492 g/mol. The number of unbranched alkanes of at least 4 members (excludes halogenated alkanes) is 14. The van der Waals surface area contributed by atoms with Crippen LogP contribution in [-0.2, 0) is 28.6 Å². The van der Waals surface area contributed by atoms with E-state index >= 15 is 0 Å². The normalized spacial score (nSPS) is 25.8. The molecule has 2 rings (SSSR count). The van der Waals surface area contributed by atoms with Crippen molar-refractivity contribution < 1.29 is 43.9 Å². The maximum atomic E-state index is 12.8.